The lowest BCUT2D eigenvalue weighted by Crippen LogP contribution is -2.48. The van der Waals surface area contributed by atoms with Gasteiger partial charge in [-0.15, -0.1) is 0 Å². The van der Waals surface area contributed by atoms with Crippen LogP contribution in [-0.2, 0) is 19.6 Å². The fraction of sp³-hybridized carbons (Fsp3) is 0.207. The molecule has 2 aromatic carbocycles. The van der Waals surface area contributed by atoms with Gasteiger partial charge in [-0.1, -0.05) is 0 Å². The SMILES string of the molecule is COc1ncc(-c2cc(F)c3ncnc(N4CCN(C(=O)/C=C/C(C)=O)CC4)c3c2)cc1NS(=O)(=O)c1ccc(F)cc1F. The van der Waals surface area contributed by atoms with Gasteiger partial charge in [-0.25, -0.2) is 36.5 Å². The molecule has 1 amide bonds. The van der Waals surface area contributed by atoms with Crippen LogP contribution in [0.3, 0.4) is 0 Å². The summed E-state index contributed by atoms with van der Waals surface area (Å²) < 4.78 is 76.3. The number of carbonyl (C=O) groups is 2. The van der Waals surface area contributed by atoms with Crippen molar-refractivity contribution in [1.82, 2.24) is 19.9 Å². The summed E-state index contributed by atoms with van der Waals surface area (Å²) in [6.07, 6.45) is 5.03. The Bertz CT molecular complexity index is 1910. The van der Waals surface area contributed by atoms with E-state index in [9.17, 15) is 26.8 Å². The molecule has 0 unspecified atom stereocenters. The molecule has 1 aliphatic rings. The van der Waals surface area contributed by atoms with E-state index in [1.807, 2.05) is 4.90 Å². The number of methoxy groups -OCH3 is 1. The van der Waals surface area contributed by atoms with Crippen LogP contribution in [0, 0.1) is 17.5 Å². The molecule has 1 aliphatic heterocycles. The number of pyridine rings is 1. The molecule has 15 heteroatoms. The number of carbonyl (C=O) groups excluding carboxylic acids is 2. The Balaban J connectivity index is 1.47. The zero-order valence-electron chi connectivity index (χ0n) is 23.4. The summed E-state index contributed by atoms with van der Waals surface area (Å²) >= 11 is 0. The minimum Gasteiger partial charge on any atom is -0.480 e. The van der Waals surface area contributed by atoms with Crippen molar-refractivity contribution in [1.29, 1.82) is 0 Å². The molecule has 4 aromatic rings. The number of sulfonamides is 1. The molecule has 0 bridgehead atoms. The zero-order chi connectivity index (χ0) is 31.6. The third-order valence-corrected chi connectivity index (χ3v) is 8.23. The summed E-state index contributed by atoms with van der Waals surface area (Å²) in [6, 6.07) is 6.22. The number of ketones is 1. The molecule has 1 fully saturated rings. The Morgan fingerprint density at radius 3 is 2.36 bits per heavy atom. The van der Waals surface area contributed by atoms with Gasteiger partial charge < -0.3 is 14.5 Å². The molecule has 0 atom stereocenters. The maximum Gasteiger partial charge on any atom is 0.264 e. The Morgan fingerprint density at radius 2 is 1.68 bits per heavy atom. The lowest BCUT2D eigenvalue weighted by molar-refractivity contribution is -0.126. The first-order valence-corrected chi connectivity index (χ1v) is 14.6. The van der Waals surface area contributed by atoms with Crippen molar-refractivity contribution in [2.24, 2.45) is 0 Å². The molecule has 2 aromatic heterocycles. The number of nitrogens with zero attached hydrogens (tertiary/aromatic N) is 5. The van der Waals surface area contributed by atoms with E-state index in [-0.39, 0.29) is 34.3 Å². The first-order chi connectivity index (χ1) is 21.0. The minimum atomic E-state index is -4.54. The predicted molar refractivity (Wildman–Crippen MR) is 155 cm³/mol. The summed E-state index contributed by atoms with van der Waals surface area (Å²) in [7, 11) is -3.28. The number of halogens is 3. The fourth-order valence-electron chi connectivity index (χ4n) is 4.70. The van der Waals surface area contributed by atoms with Crippen LogP contribution in [0.4, 0.5) is 24.7 Å². The van der Waals surface area contributed by atoms with Gasteiger partial charge in [-0.2, -0.15) is 0 Å². The van der Waals surface area contributed by atoms with Gasteiger partial charge in [0.05, 0.1) is 7.11 Å². The molecule has 3 heterocycles. The average molecular weight is 627 g/mol. The van der Waals surface area contributed by atoms with Crippen molar-refractivity contribution < 1.29 is 35.9 Å². The molecule has 0 radical (unpaired) electrons. The molecular formula is C29H25F3N6O5S. The van der Waals surface area contributed by atoms with Gasteiger partial charge in [0.25, 0.3) is 10.0 Å². The highest BCUT2D eigenvalue weighted by Crippen LogP contribution is 2.34. The monoisotopic (exact) mass is 626 g/mol. The van der Waals surface area contributed by atoms with Gasteiger partial charge in [0.2, 0.25) is 11.8 Å². The van der Waals surface area contributed by atoms with Crippen LogP contribution in [0.2, 0.25) is 0 Å². The molecule has 5 rings (SSSR count). The third kappa shape index (κ3) is 6.32. The standard InChI is InChI=1S/C29H25F3N6O5S/c1-17(39)3-6-26(40)37-7-9-38(10-8-37)28-21-11-18(12-23(32)27(21)34-16-35-28)19-13-24(29(43-2)33-15-19)36-44(41,42)25-5-4-20(30)14-22(25)31/h3-6,11-16,36H,7-10H2,1-2H3/b6-3+. The van der Waals surface area contributed by atoms with Crippen LogP contribution in [0.15, 0.2) is 66.0 Å². The van der Waals surface area contributed by atoms with Gasteiger partial charge in [0.1, 0.15) is 45.7 Å². The largest absolute Gasteiger partial charge is 0.480 e. The second-order valence-corrected chi connectivity index (χ2v) is 11.4. The number of allylic oxidation sites excluding steroid dienone is 1. The van der Waals surface area contributed by atoms with E-state index in [0.717, 1.165) is 12.1 Å². The van der Waals surface area contributed by atoms with Gasteiger partial charge in [-0.05, 0) is 48.9 Å². The normalized spacial score (nSPS) is 13.8. The number of hydrogen-bond donors (Lipinski definition) is 1. The molecule has 1 saturated heterocycles. The number of ether oxygens (including phenoxy) is 1. The van der Waals surface area contributed by atoms with Crippen LogP contribution in [0.25, 0.3) is 22.0 Å². The van der Waals surface area contributed by atoms with Crippen LogP contribution >= 0.6 is 0 Å². The summed E-state index contributed by atoms with van der Waals surface area (Å²) in [6.45, 7) is 2.80. The lowest BCUT2D eigenvalue weighted by Gasteiger charge is -2.35. The molecule has 0 saturated carbocycles. The van der Waals surface area contributed by atoms with Gasteiger partial charge in [0, 0.05) is 55.5 Å². The van der Waals surface area contributed by atoms with Crippen LogP contribution in [-0.4, -0.2) is 73.2 Å². The first-order valence-electron chi connectivity index (χ1n) is 13.2. The van der Waals surface area contributed by atoms with Crippen LogP contribution < -0.4 is 14.4 Å². The highest BCUT2D eigenvalue weighted by Gasteiger charge is 2.25. The molecule has 0 spiro atoms. The van der Waals surface area contributed by atoms with Gasteiger partial charge in [0.15, 0.2) is 5.78 Å². The highest BCUT2D eigenvalue weighted by molar-refractivity contribution is 7.92. The van der Waals surface area contributed by atoms with Crippen molar-refractivity contribution in [2.45, 2.75) is 11.8 Å². The Kier molecular flexibility index (Phi) is 8.49. The van der Waals surface area contributed by atoms with E-state index in [1.54, 1.807) is 11.0 Å². The number of nitrogens with one attached hydrogen (secondary N) is 1. The molecule has 228 valence electrons. The number of anilines is 2. The second kappa shape index (κ2) is 12.3. The number of benzene rings is 2. The van der Waals surface area contributed by atoms with Crippen molar-refractivity contribution in [2.75, 3.05) is 42.9 Å². The van der Waals surface area contributed by atoms with Crippen molar-refractivity contribution in [3.63, 3.8) is 0 Å². The quantitative estimate of drug-likeness (QED) is 0.291. The number of amides is 1. The maximum absolute atomic E-state index is 15.4. The number of fused-ring (bicyclic) bond motifs is 1. The Morgan fingerprint density at radius 1 is 0.932 bits per heavy atom. The Hall–Kier alpha value is -5.05. The topological polar surface area (TPSA) is 135 Å². The lowest BCUT2D eigenvalue weighted by atomic mass is 10.0. The summed E-state index contributed by atoms with van der Waals surface area (Å²) in [5.41, 5.74) is 0.471. The molecule has 44 heavy (non-hydrogen) atoms. The minimum absolute atomic E-state index is 0.0517. The van der Waals surface area contributed by atoms with Gasteiger partial charge in [-0.3, -0.25) is 14.3 Å². The molecular weight excluding hydrogens is 601 g/mol. The summed E-state index contributed by atoms with van der Waals surface area (Å²) in [4.78, 5) is 38.8. The average Bonchev–Trinajstić information content (AvgIpc) is 2.99. The smallest absolute Gasteiger partial charge is 0.264 e. The van der Waals surface area contributed by atoms with Gasteiger partial charge >= 0.3 is 0 Å². The fourth-order valence-corrected chi connectivity index (χ4v) is 5.81. The van der Waals surface area contributed by atoms with Crippen LogP contribution in [0.5, 0.6) is 5.88 Å². The van der Waals surface area contributed by atoms with E-state index >= 15 is 4.39 Å². The molecule has 1 N–H and O–H groups in total. The summed E-state index contributed by atoms with van der Waals surface area (Å²) in [5.74, 6) is -3.14. The van der Waals surface area contributed by atoms with E-state index in [2.05, 4.69) is 19.7 Å². The predicted octanol–water partition coefficient (Wildman–Crippen LogP) is 3.71. The second-order valence-electron chi connectivity index (χ2n) is 9.77. The first kappa shape index (κ1) is 30.4. The number of rotatable bonds is 8. The Labute approximate surface area is 250 Å². The van der Waals surface area contributed by atoms with Crippen molar-refractivity contribution >= 4 is 44.1 Å². The zero-order valence-corrected chi connectivity index (χ0v) is 24.2. The number of piperazine rings is 1. The van der Waals surface area contributed by atoms with E-state index in [0.29, 0.717) is 49.0 Å². The summed E-state index contributed by atoms with van der Waals surface area (Å²) in [5, 5.41) is 0.366. The van der Waals surface area contributed by atoms with Crippen LogP contribution in [0.1, 0.15) is 6.92 Å². The van der Waals surface area contributed by atoms with E-state index in [4.69, 9.17) is 4.74 Å². The number of aromatic nitrogens is 3. The third-order valence-electron chi connectivity index (χ3n) is 6.83. The van der Waals surface area contributed by atoms with E-state index < -0.39 is 32.4 Å². The molecule has 11 nitrogen and oxygen atoms in total. The van der Waals surface area contributed by atoms with E-state index in [1.165, 1.54) is 50.8 Å². The number of hydrogen-bond acceptors (Lipinski definition) is 9. The molecule has 0 aliphatic carbocycles. The van der Waals surface area contributed by atoms with Crippen molar-refractivity contribution in [3.8, 4) is 17.0 Å². The van der Waals surface area contributed by atoms with Crippen molar-refractivity contribution in [3.05, 3.63) is 78.5 Å². The highest BCUT2D eigenvalue weighted by atomic mass is 32.2. The maximum atomic E-state index is 15.4.